The summed E-state index contributed by atoms with van der Waals surface area (Å²) in [6.45, 7) is 8.27. The Hall–Kier alpha value is -1.21. The van der Waals surface area contributed by atoms with Gasteiger partial charge in [0.2, 0.25) is 0 Å². The van der Waals surface area contributed by atoms with Gasteiger partial charge in [0.15, 0.2) is 11.5 Å². The van der Waals surface area contributed by atoms with Crippen LogP contribution in [0, 0.1) is 0 Å². The molecule has 0 radical (unpaired) electrons. The third kappa shape index (κ3) is 5.64. The molecule has 0 aromatic heterocycles. The topological polar surface area (TPSA) is 53.5 Å². The Bertz CT molecular complexity index is 719. The molecular weight excluding hydrogens is 414 g/mol. The molecule has 4 nitrogen and oxygen atoms in total. The van der Waals surface area contributed by atoms with Crippen molar-refractivity contribution in [1.82, 2.24) is 4.72 Å². The standard InChI is InChI=1S/C20H26BrNO3S/c1-14(22-26(23)20(2,3)4)16-11-17(21)19(18(12-16)24-5)25-13-15-9-7-6-8-10-15/h6-12,14,22H,13H2,1-5H3/t14-,26?/m1/s1. The summed E-state index contributed by atoms with van der Waals surface area (Å²) in [5.74, 6) is 1.30. The van der Waals surface area contributed by atoms with Gasteiger partial charge < -0.3 is 14.0 Å². The molecule has 2 atom stereocenters. The molecule has 0 aliphatic heterocycles. The van der Waals surface area contributed by atoms with E-state index >= 15 is 0 Å². The van der Waals surface area contributed by atoms with E-state index in [0.717, 1.165) is 15.6 Å². The van der Waals surface area contributed by atoms with Gasteiger partial charge in [-0.1, -0.05) is 30.3 Å². The first kappa shape index (κ1) is 21.1. The summed E-state index contributed by atoms with van der Waals surface area (Å²) in [6.07, 6.45) is 0. The van der Waals surface area contributed by atoms with Gasteiger partial charge in [-0.15, -0.1) is 4.72 Å². The molecule has 0 bridgehead atoms. The fraction of sp³-hybridized carbons (Fsp3) is 0.400. The number of benzene rings is 2. The largest absolute Gasteiger partial charge is 0.598 e. The molecule has 2 aromatic carbocycles. The molecule has 0 spiro atoms. The maximum Gasteiger partial charge on any atom is 0.175 e. The van der Waals surface area contributed by atoms with Gasteiger partial charge in [-0.05, 0) is 66.9 Å². The van der Waals surface area contributed by atoms with Crippen molar-refractivity contribution in [2.45, 2.75) is 45.1 Å². The lowest BCUT2D eigenvalue weighted by molar-refractivity contribution is 0.282. The molecule has 1 N–H and O–H groups in total. The highest BCUT2D eigenvalue weighted by Crippen LogP contribution is 2.39. The summed E-state index contributed by atoms with van der Waals surface area (Å²) < 4.78 is 27.5. The molecule has 2 aromatic rings. The van der Waals surface area contributed by atoms with E-state index in [-0.39, 0.29) is 10.8 Å². The summed E-state index contributed by atoms with van der Waals surface area (Å²) in [6, 6.07) is 13.8. The van der Waals surface area contributed by atoms with Crippen molar-refractivity contribution in [2.75, 3.05) is 7.11 Å². The molecule has 0 fully saturated rings. The Kier molecular flexibility index (Phi) is 7.41. The van der Waals surface area contributed by atoms with Crippen LogP contribution in [-0.2, 0) is 18.0 Å². The van der Waals surface area contributed by atoms with Gasteiger partial charge in [0.1, 0.15) is 11.4 Å². The zero-order chi connectivity index (χ0) is 19.3. The second-order valence-corrected chi connectivity index (χ2v) is 9.88. The lowest BCUT2D eigenvalue weighted by Crippen LogP contribution is -2.40. The van der Waals surface area contributed by atoms with Gasteiger partial charge in [0.05, 0.1) is 17.6 Å². The average molecular weight is 440 g/mol. The van der Waals surface area contributed by atoms with E-state index in [1.165, 1.54) is 0 Å². The Morgan fingerprint density at radius 2 is 1.85 bits per heavy atom. The Balaban J connectivity index is 2.17. The van der Waals surface area contributed by atoms with E-state index in [9.17, 15) is 4.55 Å². The first-order valence-electron chi connectivity index (χ1n) is 8.44. The zero-order valence-electron chi connectivity index (χ0n) is 15.8. The minimum Gasteiger partial charge on any atom is -0.598 e. The summed E-state index contributed by atoms with van der Waals surface area (Å²) in [4.78, 5) is 0. The van der Waals surface area contributed by atoms with Gasteiger partial charge in [-0.3, -0.25) is 0 Å². The van der Waals surface area contributed by atoms with Crippen LogP contribution in [0.25, 0.3) is 0 Å². The Labute approximate surface area is 167 Å². The summed E-state index contributed by atoms with van der Waals surface area (Å²) in [5, 5.41) is 0. The molecule has 0 aliphatic rings. The summed E-state index contributed by atoms with van der Waals surface area (Å²) >= 11 is 2.42. The lowest BCUT2D eigenvalue weighted by Gasteiger charge is -2.27. The number of halogens is 1. The van der Waals surface area contributed by atoms with Crippen molar-refractivity contribution in [3.63, 3.8) is 0 Å². The first-order chi connectivity index (χ1) is 12.2. The second kappa shape index (κ2) is 9.13. The second-order valence-electron chi connectivity index (χ2n) is 7.03. The molecule has 0 amide bonds. The highest BCUT2D eigenvalue weighted by Gasteiger charge is 2.29. The Morgan fingerprint density at radius 1 is 1.19 bits per heavy atom. The summed E-state index contributed by atoms with van der Waals surface area (Å²) in [5.41, 5.74) is 2.06. The quantitative estimate of drug-likeness (QED) is 0.605. The van der Waals surface area contributed by atoms with Crippen molar-refractivity contribution in [2.24, 2.45) is 0 Å². The number of ether oxygens (including phenoxy) is 2. The van der Waals surface area contributed by atoms with Crippen LogP contribution >= 0.6 is 15.9 Å². The van der Waals surface area contributed by atoms with Crippen LogP contribution in [0.15, 0.2) is 46.9 Å². The number of rotatable bonds is 7. The fourth-order valence-corrected chi connectivity index (χ4v) is 3.65. The van der Waals surface area contributed by atoms with Crippen LogP contribution < -0.4 is 14.2 Å². The SMILES string of the molecule is COc1cc([C@@H](C)N[S+]([O-])C(C)(C)C)cc(Br)c1OCc1ccccc1. The average Bonchev–Trinajstić information content (AvgIpc) is 2.60. The molecule has 142 valence electrons. The molecule has 1 unspecified atom stereocenters. The number of hydrogen-bond donors (Lipinski definition) is 1. The molecular formula is C20H26BrNO3S. The minimum absolute atomic E-state index is 0.0940. The normalized spacial score (nSPS) is 14.0. The van der Waals surface area contributed by atoms with E-state index in [0.29, 0.717) is 18.1 Å². The third-order valence-corrected chi connectivity index (χ3v) is 6.09. The van der Waals surface area contributed by atoms with Gasteiger partial charge in [-0.2, -0.15) is 0 Å². The first-order valence-corrected chi connectivity index (χ1v) is 10.4. The van der Waals surface area contributed by atoms with Gasteiger partial charge in [0, 0.05) is 11.4 Å². The summed E-state index contributed by atoms with van der Waals surface area (Å²) in [7, 11) is 1.62. The maximum absolute atomic E-state index is 12.3. The van der Waals surface area contributed by atoms with Crippen LogP contribution in [0.3, 0.4) is 0 Å². The number of hydrogen-bond acceptors (Lipinski definition) is 4. The lowest BCUT2D eigenvalue weighted by atomic mass is 10.1. The monoisotopic (exact) mass is 439 g/mol. The van der Waals surface area contributed by atoms with Crippen molar-refractivity contribution >= 4 is 27.3 Å². The molecule has 0 saturated carbocycles. The molecule has 6 heteroatoms. The molecule has 0 heterocycles. The molecule has 2 rings (SSSR count). The van der Waals surface area contributed by atoms with Gasteiger partial charge >= 0.3 is 0 Å². The van der Waals surface area contributed by atoms with E-state index in [1.54, 1.807) is 7.11 Å². The van der Waals surface area contributed by atoms with Gasteiger partial charge in [-0.25, -0.2) is 0 Å². The molecule has 0 saturated heterocycles. The van der Waals surface area contributed by atoms with Crippen LogP contribution in [0.5, 0.6) is 11.5 Å². The van der Waals surface area contributed by atoms with Crippen LogP contribution in [0.1, 0.15) is 44.9 Å². The van der Waals surface area contributed by atoms with Crippen molar-refractivity contribution in [1.29, 1.82) is 0 Å². The maximum atomic E-state index is 12.3. The van der Waals surface area contributed by atoms with E-state index < -0.39 is 11.4 Å². The van der Waals surface area contributed by atoms with Crippen LogP contribution in [0.4, 0.5) is 0 Å². The van der Waals surface area contributed by atoms with E-state index in [1.807, 2.05) is 70.2 Å². The fourth-order valence-electron chi connectivity index (χ4n) is 2.26. The van der Waals surface area contributed by atoms with Crippen LogP contribution in [-0.4, -0.2) is 16.4 Å². The van der Waals surface area contributed by atoms with Gasteiger partial charge in [0.25, 0.3) is 0 Å². The van der Waals surface area contributed by atoms with E-state index in [4.69, 9.17) is 9.47 Å². The number of methoxy groups -OCH3 is 1. The Morgan fingerprint density at radius 3 is 2.42 bits per heavy atom. The molecule has 0 aliphatic carbocycles. The predicted molar refractivity (Wildman–Crippen MR) is 111 cm³/mol. The minimum atomic E-state index is -1.15. The zero-order valence-corrected chi connectivity index (χ0v) is 18.2. The number of nitrogens with one attached hydrogen (secondary N) is 1. The van der Waals surface area contributed by atoms with Crippen LogP contribution in [0.2, 0.25) is 0 Å². The predicted octanol–water partition coefficient (Wildman–Crippen LogP) is 5.15. The highest BCUT2D eigenvalue weighted by atomic mass is 79.9. The van der Waals surface area contributed by atoms with E-state index in [2.05, 4.69) is 20.7 Å². The van der Waals surface area contributed by atoms with Crippen molar-refractivity contribution in [3.8, 4) is 11.5 Å². The van der Waals surface area contributed by atoms with Crippen molar-refractivity contribution in [3.05, 3.63) is 58.1 Å². The van der Waals surface area contributed by atoms with Crippen molar-refractivity contribution < 1.29 is 14.0 Å². The molecule has 26 heavy (non-hydrogen) atoms. The highest BCUT2D eigenvalue weighted by molar-refractivity contribution is 9.10. The third-order valence-electron chi connectivity index (χ3n) is 3.82. The smallest absolute Gasteiger partial charge is 0.175 e.